The van der Waals surface area contributed by atoms with E-state index in [4.69, 9.17) is 10.8 Å². The van der Waals surface area contributed by atoms with Crippen LogP contribution in [0.15, 0.2) is 18.6 Å². The first-order valence-electron chi connectivity index (χ1n) is 5.21. The van der Waals surface area contributed by atoms with Gasteiger partial charge in [0, 0.05) is 25.5 Å². The lowest BCUT2D eigenvalue weighted by molar-refractivity contribution is 0.302. The van der Waals surface area contributed by atoms with E-state index in [1.165, 1.54) is 0 Å². The molecule has 0 radical (unpaired) electrons. The number of nitrogens with zero attached hydrogens (tertiary/aromatic N) is 4. The maximum Gasteiger partial charge on any atom is 0.180 e. The molecule has 0 unspecified atom stereocenters. The number of aliphatic hydroxyl groups is 1. The van der Waals surface area contributed by atoms with E-state index in [-0.39, 0.29) is 6.61 Å². The van der Waals surface area contributed by atoms with Gasteiger partial charge in [-0.25, -0.2) is 9.97 Å². The molecule has 2 heterocycles. The average molecular weight is 221 g/mol. The molecule has 0 amide bonds. The number of anilines is 2. The highest BCUT2D eigenvalue weighted by atomic mass is 16.3. The molecule has 6 nitrogen and oxygen atoms in total. The van der Waals surface area contributed by atoms with Gasteiger partial charge in [0.2, 0.25) is 0 Å². The first kappa shape index (κ1) is 10.7. The highest BCUT2D eigenvalue weighted by molar-refractivity contribution is 5.66. The highest BCUT2D eigenvalue weighted by Crippen LogP contribution is 2.18. The van der Waals surface area contributed by atoms with E-state index in [2.05, 4.69) is 9.97 Å². The van der Waals surface area contributed by atoms with E-state index in [0.29, 0.717) is 18.2 Å². The normalized spacial score (nSPS) is 10.9. The highest BCUT2D eigenvalue weighted by Gasteiger charge is 2.12. The molecule has 0 aliphatic carbocycles. The number of aromatic nitrogens is 3. The first-order chi connectivity index (χ1) is 7.76. The van der Waals surface area contributed by atoms with Crippen molar-refractivity contribution >= 4 is 17.3 Å². The quantitative estimate of drug-likeness (QED) is 0.767. The second kappa shape index (κ2) is 4.36. The van der Waals surface area contributed by atoms with E-state index < -0.39 is 0 Å². The van der Waals surface area contributed by atoms with Gasteiger partial charge in [-0.1, -0.05) is 0 Å². The summed E-state index contributed by atoms with van der Waals surface area (Å²) in [6, 6.07) is 0. The van der Waals surface area contributed by atoms with Crippen LogP contribution in [0.2, 0.25) is 0 Å². The van der Waals surface area contributed by atoms with Crippen molar-refractivity contribution in [2.24, 2.45) is 0 Å². The van der Waals surface area contributed by atoms with Crippen LogP contribution in [0.4, 0.5) is 11.6 Å². The average Bonchev–Trinajstić information content (AvgIpc) is 2.72. The smallest absolute Gasteiger partial charge is 0.180 e. The first-order valence-corrected chi connectivity index (χ1v) is 5.21. The monoisotopic (exact) mass is 221 g/mol. The van der Waals surface area contributed by atoms with Gasteiger partial charge in [0.1, 0.15) is 5.82 Å². The second-order valence-corrected chi connectivity index (χ2v) is 3.45. The third-order valence-corrected chi connectivity index (χ3v) is 2.43. The molecule has 0 aliphatic rings. The van der Waals surface area contributed by atoms with Gasteiger partial charge in [-0.05, 0) is 6.92 Å². The lowest BCUT2D eigenvalue weighted by atomic mass is 10.4. The van der Waals surface area contributed by atoms with E-state index in [1.54, 1.807) is 12.4 Å². The summed E-state index contributed by atoms with van der Waals surface area (Å²) in [5.74, 6) is 1.15. The number of hydrogen-bond acceptors (Lipinski definition) is 5. The summed E-state index contributed by atoms with van der Waals surface area (Å²) in [4.78, 5) is 10.4. The molecule has 0 fully saturated rings. The van der Waals surface area contributed by atoms with Gasteiger partial charge in [0.15, 0.2) is 11.5 Å². The standard InChI is InChI=1S/C10H15N5O/c1-2-14(5-6-16)10-9-12-3-4-15(9)7-8(11)13-10/h3-4,7,16H,2,5-6,11H2,1H3. The third-order valence-electron chi connectivity index (χ3n) is 2.43. The molecule has 0 atom stereocenters. The zero-order valence-electron chi connectivity index (χ0n) is 9.17. The Balaban J connectivity index is 2.52. The minimum atomic E-state index is 0.0805. The summed E-state index contributed by atoms with van der Waals surface area (Å²) in [7, 11) is 0. The fourth-order valence-electron chi connectivity index (χ4n) is 1.68. The Morgan fingerprint density at radius 1 is 1.56 bits per heavy atom. The number of fused-ring (bicyclic) bond motifs is 1. The van der Waals surface area contributed by atoms with Crippen molar-refractivity contribution in [2.45, 2.75) is 6.92 Å². The minimum absolute atomic E-state index is 0.0805. The van der Waals surface area contributed by atoms with Crippen LogP contribution in [-0.2, 0) is 0 Å². The van der Waals surface area contributed by atoms with Crippen LogP contribution in [0.1, 0.15) is 6.92 Å². The zero-order valence-corrected chi connectivity index (χ0v) is 9.17. The van der Waals surface area contributed by atoms with Gasteiger partial charge < -0.3 is 20.1 Å². The lowest BCUT2D eigenvalue weighted by Gasteiger charge is -2.21. The van der Waals surface area contributed by atoms with Gasteiger partial charge in [-0.3, -0.25) is 0 Å². The van der Waals surface area contributed by atoms with E-state index in [1.807, 2.05) is 22.4 Å². The maximum atomic E-state index is 8.99. The van der Waals surface area contributed by atoms with E-state index in [9.17, 15) is 0 Å². The predicted molar refractivity (Wildman–Crippen MR) is 62.4 cm³/mol. The molecule has 0 saturated carbocycles. The SMILES string of the molecule is CCN(CCO)c1nc(N)cn2ccnc12. The number of likely N-dealkylation sites (N-methyl/N-ethyl adjacent to an activating group) is 1. The van der Waals surface area contributed by atoms with Crippen LogP contribution >= 0.6 is 0 Å². The summed E-state index contributed by atoms with van der Waals surface area (Å²) in [5, 5.41) is 8.99. The Morgan fingerprint density at radius 3 is 3.06 bits per heavy atom. The molecular weight excluding hydrogens is 206 g/mol. The van der Waals surface area contributed by atoms with Crippen LogP contribution in [0, 0.1) is 0 Å². The third kappa shape index (κ3) is 1.79. The van der Waals surface area contributed by atoms with Crippen LogP contribution in [0.3, 0.4) is 0 Å². The number of imidazole rings is 1. The Kier molecular flexibility index (Phi) is 2.91. The molecule has 0 spiro atoms. The van der Waals surface area contributed by atoms with Crippen molar-refractivity contribution in [3.8, 4) is 0 Å². The van der Waals surface area contributed by atoms with Gasteiger partial charge >= 0.3 is 0 Å². The maximum absolute atomic E-state index is 8.99. The largest absolute Gasteiger partial charge is 0.395 e. The molecule has 3 N–H and O–H groups in total. The van der Waals surface area contributed by atoms with E-state index >= 15 is 0 Å². The van der Waals surface area contributed by atoms with Gasteiger partial charge in [-0.15, -0.1) is 0 Å². The van der Waals surface area contributed by atoms with Crippen LogP contribution in [0.25, 0.3) is 5.65 Å². The van der Waals surface area contributed by atoms with Crippen molar-refractivity contribution in [1.29, 1.82) is 0 Å². The van der Waals surface area contributed by atoms with E-state index in [0.717, 1.165) is 12.2 Å². The predicted octanol–water partition coefficient (Wildman–Crippen LogP) is 0.130. The van der Waals surface area contributed by atoms with Crippen molar-refractivity contribution in [3.05, 3.63) is 18.6 Å². The molecule has 0 saturated heterocycles. The molecule has 2 rings (SSSR count). The topological polar surface area (TPSA) is 79.7 Å². The number of nitrogen functional groups attached to an aromatic ring is 1. The number of aliphatic hydroxyl groups excluding tert-OH is 1. The fourth-order valence-corrected chi connectivity index (χ4v) is 1.68. The fraction of sp³-hybridized carbons (Fsp3) is 0.400. The zero-order chi connectivity index (χ0) is 11.5. The molecule has 0 bridgehead atoms. The minimum Gasteiger partial charge on any atom is -0.395 e. The summed E-state index contributed by atoms with van der Waals surface area (Å²) >= 11 is 0. The Morgan fingerprint density at radius 2 is 2.38 bits per heavy atom. The number of hydrogen-bond donors (Lipinski definition) is 2. The molecule has 2 aromatic heterocycles. The van der Waals surface area contributed by atoms with Crippen molar-refractivity contribution < 1.29 is 5.11 Å². The molecule has 0 aromatic carbocycles. The van der Waals surface area contributed by atoms with Crippen molar-refractivity contribution in [1.82, 2.24) is 14.4 Å². The second-order valence-electron chi connectivity index (χ2n) is 3.45. The molecule has 6 heteroatoms. The molecule has 16 heavy (non-hydrogen) atoms. The molecular formula is C10H15N5O. The summed E-state index contributed by atoms with van der Waals surface area (Å²) in [6.07, 6.45) is 5.25. The van der Waals surface area contributed by atoms with Gasteiger partial charge in [-0.2, -0.15) is 0 Å². The Hall–Kier alpha value is -1.82. The lowest BCUT2D eigenvalue weighted by Crippen LogP contribution is -2.28. The number of nitrogens with two attached hydrogens (primary N) is 1. The molecule has 2 aromatic rings. The van der Waals surface area contributed by atoms with Gasteiger partial charge in [0.05, 0.1) is 12.8 Å². The number of rotatable bonds is 4. The Labute approximate surface area is 93.3 Å². The summed E-state index contributed by atoms with van der Waals surface area (Å²) < 4.78 is 1.83. The van der Waals surface area contributed by atoms with Crippen molar-refractivity contribution in [3.63, 3.8) is 0 Å². The van der Waals surface area contributed by atoms with Crippen molar-refractivity contribution in [2.75, 3.05) is 30.3 Å². The summed E-state index contributed by atoms with van der Waals surface area (Å²) in [6.45, 7) is 3.35. The van der Waals surface area contributed by atoms with Crippen LogP contribution in [0.5, 0.6) is 0 Å². The van der Waals surface area contributed by atoms with Crippen LogP contribution in [-0.4, -0.2) is 39.2 Å². The van der Waals surface area contributed by atoms with Crippen LogP contribution < -0.4 is 10.6 Å². The molecule has 86 valence electrons. The Bertz CT molecular complexity index is 481. The molecule has 0 aliphatic heterocycles. The van der Waals surface area contributed by atoms with Gasteiger partial charge in [0.25, 0.3) is 0 Å². The summed E-state index contributed by atoms with van der Waals surface area (Å²) in [5.41, 5.74) is 6.48.